The third-order valence-corrected chi connectivity index (χ3v) is 4.78. The molecule has 3 heterocycles. The smallest absolute Gasteiger partial charge is 0.338 e. The summed E-state index contributed by atoms with van der Waals surface area (Å²) < 4.78 is 0.794. The van der Waals surface area contributed by atoms with Crippen LogP contribution in [0.3, 0.4) is 0 Å². The van der Waals surface area contributed by atoms with Crippen LogP contribution in [0.4, 0.5) is 0 Å². The van der Waals surface area contributed by atoms with Crippen molar-refractivity contribution >= 4 is 28.9 Å². The number of carboxylic acids is 1. The van der Waals surface area contributed by atoms with Gasteiger partial charge in [0, 0.05) is 23.8 Å². The average molecular weight is 324 g/mol. The maximum absolute atomic E-state index is 10.8. The minimum absolute atomic E-state index is 0.119. The topological polar surface area (TPSA) is 66.3 Å². The van der Waals surface area contributed by atoms with Gasteiger partial charge in [0.15, 0.2) is 0 Å². The van der Waals surface area contributed by atoms with Gasteiger partial charge in [-0.05, 0) is 31.5 Å². The van der Waals surface area contributed by atoms with Crippen LogP contribution in [0.1, 0.15) is 39.9 Å². The lowest BCUT2D eigenvalue weighted by atomic mass is 10.2. The Balaban J connectivity index is 1.75. The zero-order valence-electron chi connectivity index (χ0n) is 11.2. The largest absolute Gasteiger partial charge is 0.478 e. The lowest BCUT2D eigenvalue weighted by Crippen LogP contribution is -2.24. The number of nitrogens with zero attached hydrogens (tertiary/aromatic N) is 3. The fraction of sp³-hybridized carbons (Fsp3) is 0.357. The highest BCUT2D eigenvalue weighted by molar-refractivity contribution is 7.16. The second-order valence-corrected chi connectivity index (χ2v) is 6.77. The number of aromatic carboxylic acids is 1. The molecule has 0 aromatic carbocycles. The van der Waals surface area contributed by atoms with E-state index in [4.69, 9.17) is 16.7 Å². The third-order valence-electron chi connectivity index (χ3n) is 3.57. The fourth-order valence-corrected chi connectivity index (χ4v) is 3.68. The van der Waals surface area contributed by atoms with E-state index in [0.29, 0.717) is 5.82 Å². The summed E-state index contributed by atoms with van der Waals surface area (Å²) in [6, 6.07) is 4.09. The molecule has 7 heteroatoms. The molecule has 2 aromatic heterocycles. The van der Waals surface area contributed by atoms with Gasteiger partial charge in [0.25, 0.3) is 0 Å². The number of aromatic nitrogens is 2. The molecule has 0 bridgehead atoms. The lowest BCUT2D eigenvalue weighted by molar-refractivity contribution is 0.0695. The summed E-state index contributed by atoms with van der Waals surface area (Å²) in [5.41, 5.74) is 0.119. The molecular weight excluding hydrogens is 310 g/mol. The van der Waals surface area contributed by atoms with Crippen molar-refractivity contribution in [1.29, 1.82) is 0 Å². The standard InChI is InChI=1S/C14H14ClN3O2S/c15-12-4-3-10(21-12)8-18-5-1-2-11(18)13-16-6-9(7-17-13)14(19)20/h3-4,6-7,11H,1-2,5,8H2,(H,19,20). The van der Waals surface area contributed by atoms with Gasteiger partial charge in [-0.1, -0.05) is 11.6 Å². The SMILES string of the molecule is O=C(O)c1cnc(C2CCCN2Cc2ccc(Cl)s2)nc1. The molecule has 1 atom stereocenters. The summed E-state index contributed by atoms with van der Waals surface area (Å²) in [6.07, 6.45) is 4.84. The van der Waals surface area contributed by atoms with Crippen LogP contribution in [0, 0.1) is 0 Å². The molecular formula is C14H14ClN3O2S. The van der Waals surface area contributed by atoms with Crippen LogP contribution in [0.25, 0.3) is 0 Å². The van der Waals surface area contributed by atoms with Crippen LogP contribution < -0.4 is 0 Å². The number of rotatable bonds is 4. The van der Waals surface area contributed by atoms with Gasteiger partial charge >= 0.3 is 5.97 Å². The molecule has 1 aliphatic heterocycles. The van der Waals surface area contributed by atoms with Crippen LogP contribution in [0.5, 0.6) is 0 Å². The Labute approximate surface area is 131 Å². The molecule has 110 valence electrons. The molecule has 1 unspecified atom stereocenters. The molecule has 1 aliphatic rings. The number of likely N-dealkylation sites (tertiary alicyclic amines) is 1. The number of hydrogen-bond donors (Lipinski definition) is 1. The van der Waals surface area contributed by atoms with E-state index in [1.807, 2.05) is 12.1 Å². The number of carboxylic acid groups (broad SMARTS) is 1. The Morgan fingerprint density at radius 3 is 2.81 bits per heavy atom. The molecule has 0 spiro atoms. The molecule has 0 radical (unpaired) electrons. The van der Waals surface area contributed by atoms with Gasteiger partial charge in [-0.3, -0.25) is 4.90 Å². The van der Waals surface area contributed by atoms with Crippen LogP contribution in [0.2, 0.25) is 4.34 Å². The zero-order chi connectivity index (χ0) is 14.8. The molecule has 0 aliphatic carbocycles. The summed E-state index contributed by atoms with van der Waals surface area (Å²) in [7, 11) is 0. The minimum atomic E-state index is -1.00. The van der Waals surface area contributed by atoms with Crippen molar-refractivity contribution in [1.82, 2.24) is 14.9 Å². The Hall–Kier alpha value is -1.50. The maximum atomic E-state index is 10.8. The average Bonchev–Trinajstić information content (AvgIpc) is 3.09. The molecule has 1 fully saturated rings. The van der Waals surface area contributed by atoms with Gasteiger partial charge in [0.1, 0.15) is 5.82 Å². The van der Waals surface area contributed by atoms with Gasteiger partial charge in [-0.15, -0.1) is 11.3 Å². The van der Waals surface area contributed by atoms with Crippen molar-refractivity contribution in [3.8, 4) is 0 Å². The van der Waals surface area contributed by atoms with Gasteiger partial charge < -0.3 is 5.11 Å². The molecule has 0 amide bonds. The van der Waals surface area contributed by atoms with Crippen molar-refractivity contribution in [3.05, 3.63) is 45.1 Å². The van der Waals surface area contributed by atoms with Crippen molar-refractivity contribution in [2.45, 2.75) is 25.4 Å². The maximum Gasteiger partial charge on any atom is 0.338 e. The fourth-order valence-electron chi connectivity index (χ4n) is 2.57. The van der Waals surface area contributed by atoms with E-state index in [1.54, 1.807) is 11.3 Å². The first-order valence-corrected chi connectivity index (χ1v) is 7.86. The zero-order valence-corrected chi connectivity index (χ0v) is 12.8. The molecule has 5 nitrogen and oxygen atoms in total. The molecule has 1 saturated heterocycles. The van der Waals surface area contributed by atoms with Gasteiger partial charge in [-0.25, -0.2) is 14.8 Å². The highest BCUT2D eigenvalue weighted by Gasteiger charge is 2.28. The summed E-state index contributed by atoms with van der Waals surface area (Å²) >= 11 is 7.55. The third kappa shape index (κ3) is 3.23. The lowest BCUT2D eigenvalue weighted by Gasteiger charge is -2.22. The van der Waals surface area contributed by atoms with E-state index in [0.717, 1.165) is 30.3 Å². The summed E-state index contributed by atoms with van der Waals surface area (Å²) in [6.45, 7) is 1.82. The Morgan fingerprint density at radius 2 is 2.19 bits per heavy atom. The normalized spacial score (nSPS) is 19.0. The minimum Gasteiger partial charge on any atom is -0.478 e. The van der Waals surface area contributed by atoms with Crippen LogP contribution in [-0.4, -0.2) is 32.5 Å². The highest BCUT2D eigenvalue weighted by atomic mass is 35.5. The second-order valence-electron chi connectivity index (χ2n) is 4.97. The quantitative estimate of drug-likeness (QED) is 0.935. The van der Waals surface area contributed by atoms with E-state index in [9.17, 15) is 4.79 Å². The van der Waals surface area contributed by atoms with Crippen molar-refractivity contribution in [3.63, 3.8) is 0 Å². The summed E-state index contributed by atoms with van der Waals surface area (Å²) in [5.74, 6) is -0.307. The predicted molar refractivity (Wildman–Crippen MR) is 80.7 cm³/mol. The van der Waals surface area contributed by atoms with Crippen molar-refractivity contribution < 1.29 is 9.90 Å². The number of carbonyl (C=O) groups is 1. The van der Waals surface area contributed by atoms with E-state index >= 15 is 0 Å². The Morgan fingerprint density at radius 1 is 1.43 bits per heavy atom. The monoisotopic (exact) mass is 323 g/mol. The van der Waals surface area contributed by atoms with Crippen molar-refractivity contribution in [2.75, 3.05) is 6.54 Å². The molecule has 1 N–H and O–H groups in total. The molecule has 21 heavy (non-hydrogen) atoms. The van der Waals surface area contributed by atoms with Crippen molar-refractivity contribution in [2.24, 2.45) is 0 Å². The first kappa shape index (κ1) is 14.4. The van der Waals surface area contributed by atoms with Gasteiger partial charge in [0.05, 0.1) is 15.9 Å². The van der Waals surface area contributed by atoms with E-state index in [2.05, 4.69) is 14.9 Å². The number of hydrogen-bond acceptors (Lipinski definition) is 5. The Bertz CT molecular complexity index is 644. The van der Waals surface area contributed by atoms with Crippen LogP contribution in [-0.2, 0) is 6.54 Å². The van der Waals surface area contributed by atoms with E-state index in [1.165, 1.54) is 17.3 Å². The van der Waals surface area contributed by atoms with Gasteiger partial charge in [0.2, 0.25) is 0 Å². The molecule has 3 rings (SSSR count). The number of thiophene rings is 1. The van der Waals surface area contributed by atoms with E-state index < -0.39 is 5.97 Å². The van der Waals surface area contributed by atoms with E-state index in [-0.39, 0.29) is 11.6 Å². The summed E-state index contributed by atoms with van der Waals surface area (Å²) in [4.78, 5) is 22.8. The first-order chi connectivity index (χ1) is 10.1. The summed E-state index contributed by atoms with van der Waals surface area (Å²) in [5, 5.41) is 8.89. The predicted octanol–water partition coefficient (Wildman–Crippen LogP) is 3.23. The molecule has 0 saturated carbocycles. The van der Waals surface area contributed by atoms with Crippen LogP contribution in [0.15, 0.2) is 24.5 Å². The Kier molecular flexibility index (Phi) is 4.19. The highest BCUT2D eigenvalue weighted by Crippen LogP contribution is 2.33. The van der Waals surface area contributed by atoms with Crippen LogP contribution >= 0.6 is 22.9 Å². The second kappa shape index (κ2) is 6.09. The molecule has 2 aromatic rings. The first-order valence-electron chi connectivity index (χ1n) is 6.67. The number of halogens is 1. The van der Waals surface area contributed by atoms with Gasteiger partial charge in [-0.2, -0.15) is 0 Å².